The van der Waals surface area contributed by atoms with Gasteiger partial charge in [0.15, 0.2) is 0 Å². The van der Waals surface area contributed by atoms with E-state index in [2.05, 4.69) is 0 Å². The first-order valence-corrected chi connectivity index (χ1v) is 5.74. The van der Waals surface area contributed by atoms with Crippen LogP contribution >= 0.6 is 0 Å². The molecule has 0 amide bonds. The molecule has 0 N–H and O–H groups in total. The zero-order valence-corrected chi connectivity index (χ0v) is 10.0. The topological polar surface area (TPSA) is 173 Å². The van der Waals surface area contributed by atoms with Crippen molar-refractivity contribution in [2.75, 3.05) is 0 Å². The van der Waals surface area contributed by atoms with E-state index in [9.17, 15) is 40.5 Å². The lowest BCUT2D eigenvalue weighted by Crippen LogP contribution is -2.48. The van der Waals surface area contributed by atoms with Crippen molar-refractivity contribution in [3.05, 3.63) is 40.5 Å². The SMILES string of the molecule is O=[N+]([O-])C1([N+](=O)[O-])CC2CC([N+](=O)[O-])([N+](=O)[O-])CC2C1. The molecule has 0 bridgehead atoms. The lowest BCUT2D eigenvalue weighted by molar-refractivity contribution is -0.804. The van der Waals surface area contributed by atoms with Crippen LogP contribution in [0, 0.1) is 52.3 Å². The molecule has 2 aliphatic rings. The van der Waals surface area contributed by atoms with Gasteiger partial charge in [0.05, 0.1) is 45.4 Å². The van der Waals surface area contributed by atoms with Gasteiger partial charge < -0.3 is 0 Å². The maximum absolute atomic E-state index is 10.9. The molecule has 0 aromatic rings. The van der Waals surface area contributed by atoms with Crippen molar-refractivity contribution in [2.24, 2.45) is 11.8 Å². The third-order valence-corrected chi connectivity index (χ3v) is 4.38. The molecule has 0 saturated heterocycles. The van der Waals surface area contributed by atoms with E-state index >= 15 is 0 Å². The van der Waals surface area contributed by atoms with E-state index in [0.29, 0.717) is 0 Å². The molecule has 0 aliphatic heterocycles. The van der Waals surface area contributed by atoms with E-state index in [1.807, 2.05) is 0 Å². The third kappa shape index (κ3) is 1.60. The monoisotopic (exact) mass is 290 g/mol. The van der Waals surface area contributed by atoms with E-state index in [-0.39, 0.29) is 0 Å². The summed E-state index contributed by atoms with van der Waals surface area (Å²) in [5.74, 6) is -1.50. The number of hydrogen-bond donors (Lipinski definition) is 0. The number of nitro groups is 4. The Bertz CT molecular complexity index is 429. The second-order valence-corrected chi connectivity index (χ2v) is 5.33. The third-order valence-electron chi connectivity index (χ3n) is 4.38. The highest BCUT2D eigenvalue weighted by molar-refractivity contribution is 4.98. The number of hydrogen-bond acceptors (Lipinski definition) is 8. The Morgan fingerprint density at radius 3 is 0.950 bits per heavy atom. The highest BCUT2D eigenvalue weighted by Gasteiger charge is 2.74. The van der Waals surface area contributed by atoms with E-state index in [1.165, 1.54) is 0 Å². The second kappa shape index (κ2) is 4.05. The van der Waals surface area contributed by atoms with Gasteiger partial charge in [0, 0.05) is 0 Å². The fourth-order valence-corrected chi connectivity index (χ4v) is 3.39. The molecule has 2 fully saturated rings. The summed E-state index contributed by atoms with van der Waals surface area (Å²) < 4.78 is 0. The van der Waals surface area contributed by atoms with Crippen molar-refractivity contribution in [2.45, 2.75) is 37.0 Å². The van der Waals surface area contributed by atoms with Gasteiger partial charge in [-0.3, -0.25) is 40.5 Å². The zero-order chi connectivity index (χ0) is 15.3. The highest BCUT2D eigenvalue weighted by Crippen LogP contribution is 2.54. The Hall–Kier alpha value is -2.40. The Kier molecular flexibility index (Phi) is 2.84. The van der Waals surface area contributed by atoms with Gasteiger partial charge in [-0.25, -0.2) is 0 Å². The number of nitrogens with zero attached hydrogens (tertiary/aromatic N) is 4. The van der Waals surface area contributed by atoms with Gasteiger partial charge in [-0.1, -0.05) is 0 Å². The molecule has 12 nitrogen and oxygen atoms in total. The van der Waals surface area contributed by atoms with Crippen LogP contribution < -0.4 is 0 Å². The minimum atomic E-state index is -2.37. The Labute approximate surface area is 110 Å². The first-order valence-electron chi connectivity index (χ1n) is 5.74. The zero-order valence-electron chi connectivity index (χ0n) is 10.0. The molecular weight excluding hydrogens is 280 g/mol. The van der Waals surface area contributed by atoms with E-state index in [4.69, 9.17) is 0 Å². The molecule has 0 aromatic heterocycles. The first-order chi connectivity index (χ1) is 9.15. The summed E-state index contributed by atoms with van der Waals surface area (Å²) in [6.45, 7) is 0. The molecule has 0 unspecified atom stereocenters. The first kappa shape index (κ1) is 14.0. The van der Waals surface area contributed by atoms with Crippen molar-refractivity contribution in [3.63, 3.8) is 0 Å². The molecule has 0 aromatic carbocycles. The maximum atomic E-state index is 10.9. The predicted molar refractivity (Wildman–Crippen MR) is 58.9 cm³/mol. The van der Waals surface area contributed by atoms with Crippen LogP contribution in [0.25, 0.3) is 0 Å². The highest BCUT2D eigenvalue weighted by atomic mass is 16.7. The number of rotatable bonds is 4. The van der Waals surface area contributed by atoms with Crippen LogP contribution in [0.5, 0.6) is 0 Å². The molecule has 12 heteroatoms. The summed E-state index contributed by atoms with van der Waals surface area (Å²) in [7, 11) is 0. The molecule has 0 heterocycles. The summed E-state index contributed by atoms with van der Waals surface area (Å²) >= 11 is 0. The fourth-order valence-electron chi connectivity index (χ4n) is 3.39. The smallest absolute Gasteiger partial charge is 0.258 e. The van der Waals surface area contributed by atoms with Crippen molar-refractivity contribution in [1.29, 1.82) is 0 Å². The van der Waals surface area contributed by atoms with Crippen LogP contribution in [0.2, 0.25) is 0 Å². The minimum absolute atomic E-state index is 0.499. The fraction of sp³-hybridized carbons (Fsp3) is 1.00. The standard InChI is InChI=1S/C8H10N4O8/c13-9(14)7(10(15)16)1-5-2-8(11(17)18,12(19)20)4-6(5)3-7/h5-6H,1-4H2. The van der Waals surface area contributed by atoms with Gasteiger partial charge in [-0.05, 0) is 11.8 Å². The van der Waals surface area contributed by atoms with E-state index < -0.39 is 68.5 Å². The van der Waals surface area contributed by atoms with E-state index in [0.717, 1.165) is 0 Å². The van der Waals surface area contributed by atoms with Crippen LogP contribution in [0.1, 0.15) is 25.7 Å². The molecular formula is C8H10N4O8. The summed E-state index contributed by atoms with van der Waals surface area (Å²) in [6.07, 6.45) is -2.00. The van der Waals surface area contributed by atoms with Gasteiger partial charge >= 0.3 is 11.3 Å². The van der Waals surface area contributed by atoms with Crippen molar-refractivity contribution in [3.8, 4) is 0 Å². The minimum Gasteiger partial charge on any atom is -0.258 e. The van der Waals surface area contributed by atoms with Gasteiger partial charge in [0.25, 0.3) is 0 Å². The van der Waals surface area contributed by atoms with Crippen LogP contribution in [0.4, 0.5) is 0 Å². The molecule has 0 radical (unpaired) electrons. The van der Waals surface area contributed by atoms with Gasteiger partial charge in [-0.2, -0.15) is 0 Å². The van der Waals surface area contributed by atoms with Crippen LogP contribution in [0.15, 0.2) is 0 Å². The Morgan fingerprint density at radius 2 is 0.800 bits per heavy atom. The lowest BCUT2D eigenvalue weighted by atomic mass is 10.00. The summed E-state index contributed by atoms with van der Waals surface area (Å²) in [4.78, 5) is 39.7. The maximum Gasteiger partial charge on any atom is 0.459 e. The quantitative estimate of drug-likeness (QED) is 0.403. The second-order valence-electron chi connectivity index (χ2n) is 5.33. The molecule has 0 atom stereocenters. The number of fused-ring (bicyclic) bond motifs is 1. The Morgan fingerprint density at radius 1 is 0.600 bits per heavy atom. The Balaban J connectivity index is 2.29. The van der Waals surface area contributed by atoms with E-state index in [1.54, 1.807) is 0 Å². The summed E-state index contributed by atoms with van der Waals surface area (Å²) in [6, 6.07) is 0. The normalized spacial score (nSPS) is 29.6. The molecule has 2 aliphatic carbocycles. The van der Waals surface area contributed by atoms with Crippen molar-refractivity contribution >= 4 is 0 Å². The van der Waals surface area contributed by atoms with Gasteiger partial charge in [-0.15, -0.1) is 0 Å². The lowest BCUT2D eigenvalue weighted by Gasteiger charge is -2.15. The van der Waals surface area contributed by atoms with Crippen LogP contribution in [0.3, 0.4) is 0 Å². The van der Waals surface area contributed by atoms with Gasteiger partial charge in [0.1, 0.15) is 0 Å². The summed E-state index contributed by atoms with van der Waals surface area (Å²) in [5, 5.41) is 43.7. The average Bonchev–Trinajstić information content (AvgIpc) is 2.81. The van der Waals surface area contributed by atoms with Crippen LogP contribution in [-0.4, -0.2) is 31.0 Å². The summed E-state index contributed by atoms with van der Waals surface area (Å²) in [5.41, 5.74) is -4.73. The molecule has 2 saturated carbocycles. The average molecular weight is 290 g/mol. The van der Waals surface area contributed by atoms with Crippen molar-refractivity contribution in [1.82, 2.24) is 0 Å². The largest absolute Gasteiger partial charge is 0.459 e. The predicted octanol–water partition coefficient (Wildman–Crippen LogP) is 0.306. The van der Waals surface area contributed by atoms with Gasteiger partial charge in [0.2, 0.25) is 0 Å². The van der Waals surface area contributed by atoms with Crippen molar-refractivity contribution < 1.29 is 19.7 Å². The molecule has 110 valence electrons. The molecule has 2 rings (SSSR count). The molecule has 20 heavy (non-hydrogen) atoms. The van der Waals surface area contributed by atoms with Crippen LogP contribution in [-0.2, 0) is 0 Å². The molecule has 0 spiro atoms.